The number of nitrogens with one attached hydrogen (secondary N) is 1. The molecule has 0 spiro atoms. The van der Waals surface area contributed by atoms with Gasteiger partial charge in [-0.15, -0.1) is 11.3 Å². The van der Waals surface area contributed by atoms with Gasteiger partial charge in [-0.1, -0.05) is 19.8 Å². The molecule has 2 aliphatic rings. The standard InChI is InChI=1S/C16H27N3OS2/c1-2-22(20)15-6-4-3-5-14(15)18-13-7-10-19(11-8-13)16-17-9-12-21-16/h9,12-15,18H,2-8,10-11H2,1H3. The fraction of sp³-hybridized carbons (Fsp3) is 0.812. The molecule has 0 radical (unpaired) electrons. The Kier molecular flexibility index (Phi) is 5.88. The maximum Gasteiger partial charge on any atom is 0.185 e. The Balaban J connectivity index is 1.52. The van der Waals surface area contributed by atoms with Gasteiger partial charge in [0.2, 0.25) is 0 Å². The Morgan fingerprint density at radius 1 is 1.32 bits per heavy atom. The number of thiazole rings is 1. The summed E-state index contributed by atoms with van der Waals surface area (Å²) in [7, 11) is -0.660. The number of aromatic nitrogens is 1. The maximum absolute atomic E-state index is 12.3. The van der Waals surface area contributed by atoms with Crippen molar-refractivity contribution in [3.05, 3.63) is 11.6 Å². The van der Waals surface area contributed by atoms with Gasteiger partial charge in [-0.25, -0.2) is 4.98 Å². The summed E-state index contributed by atoms with van der Waals surface area (Å²) in [6, 6.07) is 1.04. The topological polar surface area (TPSA) is 45.2 Å². The second-order valence-electron chi connectivity index (χ2n) is 6.34. The second-order valence-corrected chi connectivity index (χ2v) is 9.16. The Hall–Kier alpha value is -0.460. The van der Waals surface area contributed by atoms with Gasteiger partial charge in [-0.3, -0.25) is 4.21 Å². The second kappa shape index (κ2) is 7.88. The van der Waals surface area contributed by atoms with Gasteiger partial charge in [-0.05, 0) is 25.7 Å². The highest BCUT2D eigenvalue weighted by atomic mass is 32.2. The van der Waals surface area contributed by atoms with Gasteiger partial charge in [0.1, 0.15) is 0 Å². The minimum atomic E-state index is -0.660. The van der Waals surface area contributed by atoms with E-state index in [0.717, 1.165) is 30.4 Å². The van der Waals surface area contributed by atoms with Crippen LogP contribution in [0.3, 0.4) is 0 Å². The van der Waals surface area contributed by atoms with Crippen LogP contribution in [-0.4, -0.2) is 45.4 Å². The lowest BCUT2D eigenvalue weighted by atomic mass is 9.93. The fourth-order valence-electron chi connectivity index (χ4n) is 3.73. The molecule has 1 aliphatic carbocycles. The van der Waals surface area contributed by atoms with Crippen LogP contribution in [0.25, 0.3) is 0 Å². The van der Waals surface area contributed by atoms with Crippen LogP contribution in [0.4, 0.5) is 5.13 Å². The molecule has 1 aromatic heterocycles. The number of hydrogen-bond acceptors (Lipinski definition) is 5. The molecule has 1 aliphatic heterocycles. The van der Waals surface area contributed by atoms with E-state index < -0.39 is 10.8 Å². The van der Waals surface area contributed by atoms with E-state index in [9.17, 15) is 4.21 Å². The van der Waals surface area contributed by atoms with Crippen molar-refractivity contribution in [1.82, 2.24) is 10.3 Å². The van der Waals surface area contributed by atoms with Gasteiger partial charge >= 0.3 is 0 Å². The van der Waals surface area contributed by atoms with Crippen LogP contribution in [0.5, 0.6) is 0 Å². The van der Waals surface area contributed by atoms with E-state index in [1.165, 1.54) is 32.1 Å². The van der Waals surface area contributed by atoms with E-state index >= 15 is 0 Å². The summed E-state index contributed by atoms with van der Waals surface area (Å²) < 4.78 is 12.3. The lowest BCUT2D eigenvalue weighted by Gasteiger charge is -2.38. The molecule has 0 bridgehead atoms. The third-order valence-electron chi connectivity index (χ3n) is 4.96. The third kappa shape index (κ3) is 3.89. The van der Waals surface area contributed by atoms with E-state index in [1.54, 1.807) is 11.3 Å². The Morgan fingerprint density at radius 3 is 2.77 bits per heavy atom. The Morgan fingerprint density at radius 2 is 2.09 bits per heavy atom. The average Bonchev–Trinajstić information content (AvgIpc) is 3.10. The van der Waals surface area contributed by atoms with Crippen LogP contribution in [0.1, 0.15) is 45.4 Å². The van der Waals surface area contributed by atoms with Gasteiger partial charge in [0.25, 0.3) is 0 Å². The Labute approximate surface area is 140 Å². The first-order valence-corrected chi connectivity index (χ1v) is 10.8. The van der Waals surface area contributed by atoms with Crippen molar-refractivity contribution in [2.45, 2.75) is 62.8 Å². The zero-order valence-electron chi connectivity index (χ0n) is 13.4. The molecule has 1 saturated carbocycles. The largest absolute Gasteiger partial charge is 0.348 e. The van der Waals surface area contributed by atoms with Gasteiger partial charge in [0.05, 0.1) is 5.25 Å². The lowest BCUT2D eigenvalue weighted by molar-refractivity contribution is 0.311. The van der Waals surface area contributed by atoms with Gasteiger partial charge in [-0.2, -0.15) is 0 Å². The monoisotopic (exact) mass is 341 g/mol. The minimum Gasteiger partial charge on any atom is -0.348 e. The number of hydrogen-bond donors (Lipinski definition) is 1. The summed E-state index contributed by atoms with van der Waals surface area (Å²) in [5, 5.41) is 7.43. The summed E-state index contributed by atoms with van der Waals surface area (Å²) >= 11 is 1.73. The molecule has 4 nitrogen and oxygen atoms in total. The highest BCUT2D eigenvalue weighted by Crippen LogP contribution is 2.26. The van der Waals surface area contributed by atoms with E-state index in [1.807, 2.05) is 18.5 Å². The molecule has 3 unspecified atom stereocenters. The van der Waals surface area contributed by atoms with Crippen molar-refractivity contribution < 1.29 is 4.21 Å². The first-order chi connectivity index (χ1) is 10.8. The molecule has 2 heterocycles. The van der Waals surface area contributed by atoms with Crippen LogP contribution >= 0.6 is 11.3 Å². The first-order valence-electron chi connectivity index (χ1n) is 8.55. The van der Waals surface area contributed by atoms with Crippen LogP contribution in [0.2, 0.25) is 0 Å². The summed E-state index contributed by atoms with van der Waals surface area (Å²) in [6.07, 6.45) is 9.09. The predicted octanol–water partition coefficient (Wildman–Crippen LogP) is 2.78. The fourth-order valence-corrected chi connectivity index (χ4v) is 5.86. The van der Waals surface area contributed by atoms with E-state index in [2.05, 4.69) is 15.2 Å². The molecule has 3 rings (SSSR count). The van der Waals surface area contributed by atoms with E-state index in [4.69, 9.17) is 0 Å². The van der Waals surface area contributed by atoms with Crippen LogP contribution < -0.4 is 10.2 Å². The Bertz CT molecular complexity index is 472. The first kappa shape index (κ1) is 16.4. The van der Waals surface area contributed by atoms with Crippen molar-refractivity contribution in [3.63, 3.8) is 0 Å². The number of anilines is 1. The molecule has 6 heteroatoms. The molecule has 0 amide bonds. The van der Waals surface area contributed by atoms with E-state index in [-0.39, 0.29) is 0 Å². The minimum absolute atomic E-state index is 0.371. The van der Waals surface area contributed by atoms with Crippen LogP contribution in [0, 0.1) is 0 Å². The molecule has 2 fully saturated rings. The average molecular weight is 342 g/mol. The normalized spacial score (nSPS) is 28.7. The molecule has 1 N–H and O–H groups in total. The highest BCUT2D eigenvalue weighted by molar-refractivity contribution is 7.85. The van der Waals surface area contributed by atoms with Crippen molar-refractivity contribution in [3.8, 4) is 0 Å². The van der Waals surface area contributed by atoms with E-state index in [0.29, 0.717) is 17.3 Å². The molecule has 22 heavy (non-hydrogen) atoms. The zero-order valence-corrected chi connectivity index (χ0v) is 15.0. The van der Waals surface area contributed by atoms with Crippen molar-refractivity contribution in [2.75, 3.05) is 23.7 Å². The summed E-state index contributed by atoms with van der Waals surface area (Å²) in [5.74, 6) is 0.797. The summed E-state index contributed by atoms with van der Waals surface area (Å²) in [6.45, 7) is 4.22. The van der Waals surface area contributed by atoms with Gasteiger partial charge < -0.3 is 10.2 Å². The van der Waals surface area contributed by atoms with Crippen molar-refractivity contribution in [2.24, 2.45) is 0 Å². The predicted molar refractivity (Wildman–Crippen MR) is 95.2 cm³/mol. The molecular formula is C16H27N3OS2. The van der Waals surface area contributed by atoms with Crippen molar-refractivity contribution >= 4 is 27.3 Å². The number of piperidine rings is 1. The van der Waals surface area contributed by atoms with Crippen molar-refractivity contribution in [1.29, 1.82) is 0 Å². The molecule has 1 aromatic rings. The van der Waals surface area contributed by atoms with Crippen LogP contribution in [-0.2, 0) is 10.8 Å². The highest BCUT2D eigenvalue weighted by Gasteiger charge is 2.31. The zero-order chi connectivity index (χ0) is 15.4. The smallest absolute Gasteiger partial charge is 0.185 e. The summed E-state index contributed by atoms with van der Waals surface area (Å²) in [4.78, 5) is 6.81. The molecule has 124 valence electrons. The maximum atomic E-state index is 12.3. The van der Waals surface area contributed by atoms with Gasteiger partial charge in [0, 0.05) is 53.3 Å². The van der Waals surface area contributed by atoms with Crippen LogP contribution in [0.15, 0.2) is 11.6 Å². The number of rotatable bonds is 5. The molecule has 3 atom stereocenters. The molecular weight excluding hydrogens is 314 g/mol. The quantitative estimate of drug-likeness (QED) is 0.894. The summed E-state index contributed by atoms with van der Waals surface area (Å²) in [5.41, 5.74) is 0. The lowest BCUT2D eigenvalue weighted by Crippen LogP contribution is -2.52. The third-order valence-corrected chi connectivity index (χ3v) is 7.60. The molecule has 1 saturated heterocycles. The van der Waals surface area contributed by atoms with Gasteiger partial charge in [0.15, 0.2) is 5.13 Å². The SMILES string of the molecule is CCS(=O)C1CCCCC1NC1CCN(c2nccs2)CC1. The molecule has 0 aromatic carbocycles. The number of nitrogens with zero attached hydrogens (tertiary/aromatic N) is 2.